The third-order valence-corrected chi connectivity index (χ3v) is 4.36. The van der Waals surface area contributed by atoms with Crippen molar-refractivity contribution in [2.45, 2.75) is 39.3 Å². The number of rotatable bonds is 6. The fraction of sp³-hybridized carbons (Fsp3) is 0.688. The highest BCUT2D eigenvalue weighted by Crippen LogP contribution is 2.06. The molecule has 0 aromatic carbocycles. The van der Waals surface area contributed by atoms with Crippen molar-refractivity contribution in [3.8, 4) is 0 Å². The molecule has 1 aliphatic rings. The summed E-state index contributed by atoms with van der Waals surface area (Å²) in [6.07, 6.45) is 3.48. The first kappa shape index (κ1) is 18.3. The molecule has 134 valence electrons. The van der Waals surface area contributed by atoms with Crippen LogP contribution >= 0.6 is 0 Å². The Morgan fingerprint density at radius 2 is 1.88 bits per heavy atom. The van der Waals surface area contributed by atoms with Crippen LogP contribution in [0.2, 0.25) is 0 Å². The molecule has 0 radical (unpaired) electrons. The van der Waals surface area contributed by atoms with Gasteiger partial charge in [-0.25, -0.2) is 4.79 Å². The lowest BCUT2D eigenvalue weighted by atomic mass is 10.2. The van der Waals surface area contributed by atoms with E-state index in [0.29, 0.717) is 5.82 Å². The summed E-state index contributed by atoms with van der Waals surface area (Å²) in [6, 6.07) is 1.59. The van der Waals surface area contributed by atoms with Crippen molar-refractivity contribution in [2.24, 2.45) is 0 Å². The maximum Gasteiger partial charge on any atom is 0.320 e. The van der Waals surface area contributed by atoms with Crippen LogP contribution in [0.1, 0.15) is 26.7 Å². The molecule has 1 fully saturated rings. The minimum atomic E-state index is -0.264. The summed E-state index contributed by atoms with van der Waals surface area (Å²) in [6.45, 7) is 7.56. The predicted octanol–water partition coefficient (Wildman–Crippen LogP) is 0.967. The molecule has 1 saturated heterocycles. The van der Waals surface area contributed by atoms with Gasteiger partial charge >= 0.3 is 6.03 Å². The van der Waals surface area contributed by atoms with Gasteiger partial charge in [0.25, 0.3) is 0 Å². The SMILES string of the molecule is CCC(CC)NC(=O)Nc1ccn(CC(=O)N2CCN(C)CC2)n1. The molecule has 0 unspecified atom stereocenters. The average Bonchev–Trinajstić information content (AvgIpc) is 2.99. The molecule has 0 atom stereocenters. The molecule has 8 heteroatoms. The van der Waals surface area contributed by atoms with Crippen molar-refractivity contribution in [2.75, 3.05) is 38.5 Å². The van der Waals surface area contributed by atoms with Crippen molar-refractivity contribution in [3.05, 3.63) is 12.3 Å². The summed E-state index contributed by atoms with van der Waals surface area (Å²) in [5.41, 5.74) is 0. The fourth-order valence-corrected chi connectivity index (χ4v) is 2.64. The van der Waals surface area contributed by atoms with Crippen LogP contribution in [0.3, 0.4) is 0 Å². The molecule has 1 aliphatic heterocycles. The van der Waals surface area contributed by atoms with Gasteiger partial charge in [0, 0.05) is 44.5 Å². The van der Waals surface area contributed by atoms with Crippen LogP contribution in [-0.2, 0) is 11.3 Å². The summed E-state index contributed by atoms with van der Waals surface area (Å²) >= 11 is 0. The zero-order chi connectivity index (χ0) is 17.5. The van der Waals surface area contributed by atoms with Crippen molar-refractivity contribution in [1.82, 2.24) is 24.9 Å². The lowest BCUT2D eigenvalue weighted by Gasteiger charge is -2.32. The van der Waals surface area contributed by atoms with Gasteiger partial charge in [0.15, 0.2) is 5.82 Å². The zero-order valence-corrected chi connectivity index (χ0v) is 14.8. The molecule has 24 heavy (non-hydrogen) atoms. The Morgan fingerprint density at radius 3 is 2.50 bits per heavy atom. The first-order valence-corrected chi connectivity index (χ1v) is 8.59. The minimum absolute atomic E-state index is 0.0548. The average molecular weight is 336 g/mol. The molecule has 8 nitrogen and oxygen atoms in total. The number of carbonyl (C=O) groups excluding carboxylic acids is 2. The number of urea groups is 1. The van der Waals surface area contributed by atoms with Gasteiger partial charge in [0.2, 0.25) is 5.91 Å². The van der Waals surface area contributed by atoms with E-state index in [9.17, 15) is 9.59 Å². The Hall–Kier alpha value is -2.09. The molecule has 1 aromatic heterocycles. The standard InChI is InChI=1S/C16H28N6O2/c1-4-13(5-2)17-16(24)18-14-6-7-22(19-14)12-15(23)21-10-8-20(3)9-11-21/h6-7,13H,4-5,8-12H2,1-3H3,(H2,17,18,19,24). The molecule has 2 N–H and O–H groups in total. The van der Waals surface area contributed by atoms with Crippen molar-refractivity contribution < 1.29 is 9.59 Å². The van der Waals surface area contributed by atoms with E-state index < -0.39 is 0 Å². The second-order valence-electron chi connectivity index (χ2n) is 6.19. The number of nitrogens with one attached hydrogen (secondary N) is 2. The summed E-state index contributed by atoms with van der Waals surface area (Å²) in [4.78, 5) is 28.2. The zero-order valence-electron chi connectivity index (χ0n) is 14.8. The van der Waals surface area contributed by atoms with Crippen LogP contribution in [0.5, 0.6) is 0 Å². The third kappa shape index (κ3) is 5.23. The Morgan fingerprint density at radius 1 is 1.21 bits per heavy atom. The van der Waals surface area contributed by atoms with Crippen molar-refractivity contribution in [3.63, 3.8) is 0 Å². The molecular weight excluding hydrogens is 308 g/mol. The third-order valence-electron chi connectivity index (χ3n) is 4.36. The summed E-state index contributed by atoms with van der Waals surface area (Å²) in [7, 11) is 2.06. The Bertz CT molecular complexity index is 547. The van der Waals surface area contributed by atoms with Crippen LogP contribution in [0.15, 0.2) is 12.3 Å². The monoisotopic (exact) mass is 336 g/mol. The molecular formula is C16H28N6O2. The van der Waals surface area contributed by atoms with Gasteiger partial charge in [-0.1, -0.05) is 13.8 Å². The molecule has 3 amide bonds. The smallest absolute Gasteiger partial charge is 0.320 e. The van der Waals surface area contributed by atoms with E-state index in [1.54, 1.807) is 16.9 Å². The summed E-state index contributed by atoms with van der Waals surface area (Å²) in [5.74, 6) is 0.504. The second-order valence-corrected chi connectivity index (χ2v) is 6.19. The molecule has 2 heterocycles. The number of carbonyl (C=O) groups is 2. The lowest BCUT2D eigenvalue weighted by molar-refractivity contribution is -0.133. The van der Waals surface area contributed by atoms with Gasteiger partial charge in [-0.05, 0) is 19.9 Å². The van der Waals surface area contributed by atoms with Crippen molar-refractivity contribution in [1.29, 1.82) is 0 Å². The van der Waals surface area contributed by atoms with Gasteiger partial charge in [0.05, 0.1) is 0 Å². The van der Waals surface area contributed by atoms with E-state index in [-0.39, 0.29) is 24.5 Å². The van der Waals surface area contributed by atoms with E-state index in [2.05, 4.69) is 27.7 Å². The summed E-state index contributed by atoms with van der Waals surface area (Å²) in [5, 5.41) is 9.84. The number of amides is 3. The molecule has 1 aromatic rings. The molecule has 2 rings (SSSR count). The van der Waals surface area contributed by atoms with E-state index in [1.165, 1.54) is 0 Å². The Labute approximate surface area is 143 Å². The van der Waals surface area contributed by atoms with Crippen LogP contribution in [0.25, 0.3) is 0 Å². The minimum Gasteiger partial charge on any atom is -0.339 e. The van der Waals surface area contributed by atoms with Crippen molar-refractivity contribution >= 4 is 17.8 Å². The quantitative estimate of drug-likeness (QED) is 0.811. The van der Waals surface area contributed by atoms with E-state index in [1.807, 2.05) is 18.7 Å². The van der Waals surface area contributed by atoms with Gasteiger partial charge in [-0.2, -0.15) is 5.10 Å². The molecule has 0 spiro atoms. The highest BCUT2D eigenvalue weighted by Gasteiger charge is 2.19. The number of nitrogens with zero attached hydrogens (tertiary/aromatic N) is 4. The van der Waals surface area contributed by atoms with Crippen LogP contribution < -0.4 is 10.6 Å². The van der Waals surface area contributed by atoms with Crippen LogP contribution in [0, 0.1) is 0 Å². The molecule has 0 aliphatic carbocycles. The molecule has 0 bridgehead atoms. The first-order chi connectivity index (χ1) is 11.5. The topological polar surface area (TPSA) is 82.5 Å². The maximum atomic E-state index is 12.3. The number of likely N-dealkylation sites (N-methyl/N-ethyl adjacent to an activating group) is 1. The highest BCUT2D eigenvalue weighted by molar-refractivity contribution is 5.88. The Kier molecular flexibility index (Phi) is 6.60. The number of hydrogen-bond acceptors (Lipinski definition) is 4. The lowest BCUT2D eigenvalue weighted by Crippen LogP contribution is -2.48. The first-order valence-electron chi connectivity index (χ1n) is 8.59. The van der Waals surface area contributed by atoms with Gasteiger partial charge in [-0.15, -0.1) is 0 Å². The van der Waals surface area contributed by atoms with E-state index in [0.717, 1.165) is 39.0 Å². The second kappa shape index (κ2) is 8.68. The number of hydrogen-bond donors (Lipinski definition) is 2. The number of anilines is 1. The fourth-order valence-electron chi connectivity index (χ4n) is 2.64. The normalized spacial score (nSPS) is 15.6. The van der Waals surface area contributed by atoms with Gasteiger partial charge in [-0.3, -0.25) is 14.8 Å². The summed E-state index contributed by atoms with van der Waals surface area (Å²) < 4.78 is 1.56. The highest BCUT2D eigenvalue weighted by atomic mass is 16.2. The number of piperazine rings is 1. The van der Waals surface area contributed by atoms with E-state index in [4.69, 9.17) is 0 Å². The van der Waals surface area contributed by atoms with E-state index >= 15 is 0 Å². The largest absolute Gasteiger partial charge is 0.339 e. The van der Waals surface area contributed by atoms with Gasteiger partial charge in [0.1, 0.15) is 6.54 Å². The van der Waals surface area contributed by atoms with Crippen LogP contribution in [-0.4, -0.2) is 70.8 Å². The number of aromatic nitrogens is 2. The maximum absolute atomic E-state index is 12.3. The Balaban J connectivity index is 1.82. The molecule has 0 saturated carbocycles. The predicted molar refractivity (Wildman–Crippen MR) is 92.8 cm³/mol. The van der Waals surface area contributed by atoms with Crippen LogP contribution in [0.4, 0.5) is 10.6 Å². The van der Waals surface area contributed by atoms with Gasteiger partial charge < -0.3 is 15.1 Å².